The van der Waals surface area contributed by atoms with Crippen molar-refractivity contribution >= 4 is 34.0 Å². The van der Waals surface area contributed by atoms with Gasteiger partial charge in [-0.3, -0.25) is 9.69 Å². The molecule has 2 N–H and O–H groups in total. The van der Waals surface area contributed by atoms with Gasteiger partial charge in [-0.25, -0.2) is 4.98 Å². The molecule has 0 amide bonds. The molecular weight excluding hydrogens is 480 g/mol. The van der Waals surface area contributed by atoms with Crippen LogP contribution < -0.4 is 5.73 Å². The number of nitrogens with zero attached hydrogens (tertiary/aromatic N) is 3. The first-order valence-corrected chi connectivity index (χ1v) is 12.8. The first-order chi connectivity index (χ1) is 17.9. The summed E-state index contributed by atoms with van der Waals surface area (Å²) in [5, 5.41) is 2.42. The van der Waals surface area contributed by atoms with E-state index in [-0.39, 0.29) is 5.78 Å². The third-order valence-electron chi connectivity index (χ3n) is 6.81. The van der Waals surface area contributed by atoms with Gasteiger partial charge in [0.25, 0.3) is 0 Å². The summed E-state index contributed by atoms with van der Waals surface area (Å²) < 4.78 is 0. The molecule has 1 aliphatic rings. The SMILES string of the molecule is CN1CCN(Cc2ccc(CC(=O)c3ccc(C#Cc4c(N)ncc5ccc(Cl)cc45)cc3)cc2)CC1. The maximum Gasteiger partial charge on any atom is 0.167 e. The zero-order valence-electron chi connectivity index (χ0n) is 20.9. The van der Waals surface area contributed by atoms with Gasteiger partial charge < -0.3 is 10.6 Å². The van der Waals surface area contributed by atoms with Crippen LogP contribution >= 0.6 is 11.6 Å². The Balaban J connectivity index is 1.23. The highest BCUT2D eigenvalue weighted by Crippen LogP contribution is 2.25. The number of Topliss-reactive ketones (excluding diaryl/α,β-unsaturated/α-hetero) is 1. The number of rotatable bonds is 5. The molecule has 4 aromatic rings. The van der Waals surface area contributed by atoms with Crippen LogP contribution in [0.4, 0.5) is 5.82 Å². The molecule has 5 rings (SSSR count). The first kappa shape index (κ1) is 25.0. The van der Waals surface area contributed by atoms with E-state index < -0.39 is 0 Å². The van der Waals surface area contributed by atoms with Gasteiger partial charge in [-0.2, -0.15) is 0 Å². The van der Waals surface area contributed by atoms with Crippen LogP contribution in [0.5, 0.6) is 0 Å². The standard InChI is InChI=1S/C31H29ClN4O/c1-35-14-16-36(17-15-35)21-24-4-2-23(3-5-24)18-30(37)25-9-6-22(7-10-25)8-13-28-29-19-27(32)12-11-26(29)20-34-31(28)33/h2-7,9-12,19-20H,14-18,21H2,1H3,(H2,33,34). The summed E-state index contributed by atoms with van der Waals surface area (Å²) in [5.41, 5.74) is 10.5. The number of likely N-dealkylation sites (N-methyl/N-ethyl adjacent to an activating group) is 1. The number of halogens is 1. The maximum atomic E-state index is 12.9. The fourth-order valence-electron chi connectivity index (χ4n) is 4.52. The van der Waals surface area contributed by atoms with Crippen molar-refractivity contribution in [2.24, 2.45) is 0 Å². The topological polar surface area (TPSA) is 62.5 Å². The molecule has 2 heterocycles. The lowest BCUT2D eigenvalue weighted by molar-refractivity contribution is 0.0993. The Morgan fingerprint density at radius 1 is 0.946 bits per heavy atom. The molecular formula is C31H29ClN4O. The molecule has 1 aliphatic heterocycles. The van der Waals surface area contributed by atoms with Crippen LogP contribution in [-0.4, -0.2) is 53.8 Å². The normalized spacial score (nSPS) is 14.3. The summed E-state index contributed by atoms with van der Waals surface area (Å²) in [5.74, 6) is 6.73. The molecule has 1 aromatic heterocycles. The highest BCUT2D eigenvalue weighted by Gasteiger charge is 2.14. The van der Waals surface area contributed by atoms with E-state index in [9.17, 15) is 4.79 Å². The Kier molecular flexibility index (Phi) is 7.52. The Morgan fingerprint density at radius 2 is 1.65 bits per heavy atom. The van der Waals surface area contributed by atoms with Gasteiger partial charge in [0.05, 0.1) is 5.56 Å². The van der Waals surface area contributed by atoms with Crippen LogP contribution in [-0.2, 0) is 13.0 Å². The molecule has 0 spiro atoms. The number of carbonyl (C=O) groups excluding carboxylic acids is 1. The molecule has 0 bridgehead atoms. The molecule has 1 fully saturated rings. The number of anilines is 1. The molecule has 37 heavy (non-hydrogen) atoms. The Bertz CT molecular complexity index is 1470. The van der Waals surface area contributed by atoms with Crippen LogP contribution in [0.25, 0.3) is 10.8 Å². The third kappa shape index (κ3) is 6.18. The lowest BCUT2D eigenvalue weighted by Crippen LogP contribution is -2.43. The van der Waals surface area contributed by atoms with Gasteiger partial charge >= 0.3 is 0 Å². The number of ketones is 1. The van der Waals surface area contributed by atoms with Crippen molar-refractivity contribution in [2.45, 2.75) is 13.0 Å². The number of pyridine rings is 1. The molecule has 186 valence electrons. The van der Waals surface area contributed by atoms with Crippen LogP contribution in [0.15, 0.2) is 72.9 Å². The van der Waals surface area contributed by atoms with Crippen molar-refractivity contribution in [3.8, 4) is 11.8 Å². The second kappa shape index (κ2) is 11.1. The van der Waals surface area contributed by atoms with E-state index in [0.717, 1.165) is 54.6 Å². The Hall–Kier alpha value is -3.69. The van der Waals surface area contributed by atoms with Crippen LogP contribution in [0.2, 0.25) is 5.02 Å². The van der Waals surface area contributed by atoms with Gasteiger partial charge in [0.1, 0.15) is 5.82 Å². The summed E-state index contributed by atoms with van der Waals surface area (Å²) in [6.07, 6.45) is 2.09. The van der Waals surface area contributed by atoms with Crippen molar-refractivity contribution in [3.63, 3.8) is 0 Å². The second-order valence-corrected chi connectivity index (χ2v) is 10.0. The summed E-state index contributed by atoms with van der Waals surface area (Å²) in [6.45, 7) is 5.37. The highest BCUT2D eigenvalue weighted by molar-refractivity contribution is 6.31. The van der Waals surface area contributed by atoms with Gasteiger partial charge in [-0.15, -0.1) is 0 Å². The van der Waals surface area contributed by atoms with Crippen molar-refractivity contribution in [1.29, 1.82) is 0 Å². The second-order valence-electron chi connectivity index (χ2n) is 9.57. The van der Waals surface area contributed by atoms with Gasteiger partial charge in [0, 0.05) is 72.3 Å². The van der Waals surface area contributed by atoms with Crippen molar-refractivity contribution in [2.75, 3.05) is 39.0 Å². The monoisotopic (exact) mass is 508 g/mol. The van der Waals surface area contributed by atoms with Crippen LogP contribution in [0, 0.1) is 11.8 Å². The minimum Gasteiger partial charge on any atom is -0.383 e. The minimum atomic E-state index is 0.0865. The predicted octanol–water partition coefficient (Wildman–Crippen LogP) is 5.04. The number of hydrogen-bond donors (Lipinski definition) is 1. The van der Waals surface area contributed by atoms with E-state index in [2.05, 4.69) is 57.9 Å². The number of piperazine rings is 1. The quantitative estimate of drug-likeness (QED) is 0.302. The van der Waals surface area contributed by atoms with E-state index in [1.807, 2.05) is 42.5 Å². The average molecular weight is 509 g/mol. The van der Waals surface area contributed by atoms with E-state index >= 15 is 0 Å². The molecule has 3 aromatic carbocycles. The lowest BCUT2D eigenvalue weighted by atomic mass is 10.0. The lowest BCUT2D eigenvalue weighted by Gasteiger charge is -2.32. The smallest absolute Gasteiger partial charge is 0.167 e. The average Bonchev–Trinajstić information content (AvgIpc) is 2.91. The number of nitrogen functional groups attached to an aromatic ring is 1. The number of hydrogen-bond acceptors (Lipinski definition) is 5. The summed E-state index contributed by atoms with van der Waals surface area (Å²) in [7, 11) is 2.17. The Morgan fingerprint density at radius 3 is 2.38 bits per heavy atom. The molecule has 0 unspecified atom stereocenters. The molecule has 0 radical (unpaired) electrons. The fraction of sp³-hybridized carbons (Fsp3) is 0.226. The minimum absolute atomic E-state index is 0.0865. The first-order valence-electron chi connectivity index (χ1n) is 12.4. The molecule has 0 aliphatic carbocycles. The van der Waals surface area contributed by atoms with Crippen molar-refractivity contribution in [3.05, 3.63) is 106 Å². The van der Waals surface area contributed by atoms with Gasteiger partial charge in [-0.05, 0) is 42.4 Å². The summed E-state index contributed by atoms with van der Waals surface area (Å²) in [6, 6.07) is 21.4. The number of benzene rings is 3. The zero-order valence-corrected chi connectivity index (χ0v) is 21.6. The number of aromatic nitrogens is 1. The van der Waals surface area contributed by atoms with Gasteiger partial charge in [-0.1, -0.05) is 65.9 Å². The van der Waals surface area contributed by atoms with Crippen LogP contribution in [0.3, 0.4) is 0 Å². The maximum absolute atomic E-state index is 12.9. The largest absolute Gasteiger partial charge is 0.383 e. The predicted molar refractivity (Wildman–Crippen MR) is 151 cm³/mol. The molecule has 5 nitrogen and oxygen atoms in total. The Labute approximate surface area is 222 Å². The van der Waals surface area contributed by atoms with Gasteiger partial charge in [0.15, 0.2) is 5.78 Å². The highest BCUT2D eigenvalue weighted by atomic mass is 35.5. The van der Waals surface area contributed by atoms with Gasteiger partial charge in [0.2, 0.25) is 0 Å². The van der Waals surface area contributed by atoms with Crippen LogP contribution in [0.1, 0.15) is 32.6 Å². The van der Waals surface area contributed by atoms with Crippen molar-refractivity contribution in [1.82, 2.24) is 14.8 Å². The number of nitrogens with two attached hydrogens (primary N) is 1. The molecule has 1 saturated heterocycles. The summed E-state index contributed by atoms with van der Waals surface area (Å²) >= 11 is 6.17. The van der Waals surface area contributed by atoms with E-state index in [1.165, 1.54) is 5.56 Å². The molecule has 0 atom stereocenters. The van der Waals surface area contributed by atoms with Crippen molar-refractivity contribution < 1.29 is 4.79 Å². The van der Waals surface area contributed by atoms with E-state index in [1.54, 1.807) is 6.20 Å². The molecule has 0 saturated carbocycles. The molecule has 6 heteroatoms. The van der Waals surface area contributed by atoms with E-state index in [4.69, 9.17) is 17.3 Å². The van der Waals surface area contributed by atoms with E-state index in [0.29, 0.717) is 28.4 Å². The number of carbonyl (C=O) groups is 1. The summed E-state index contributed by atoms with van der Waals surface area (Å²) in [4.78, 5) is 22.0. The third-order valence-corrected chi connectivity index (χ3v) is 7.05. The fourth-order valence-corrected chi connectivity index (χ4v) is 4.69. The zero-order chi connectivity index (χ0) is 25.8. The number of fused-ring (bicyclic) bond motifs is 1.